The van der Waals surface area contributed by atoms with Gasteiger partial charge in [0.1, 0.15) is 22.7 Å². The Kier molecular flexibility index (Phi) is 3.68. The highest BCUT2D eigenvalue weighted by molar-refractivity contribution is 6.01. The number of benzene rings is 2. The zero-order valence-corrected chi connectivity index (χ0v) is 16.0. The monoisotopic (exact) mass is 390 g/mol. The van der Waals surface area contributed by atoms with Gasteiger partial charge in [0.05, 0.1) is 30.1 Å². The minimum absolute atomic E-state index is 0.0372. The van der Waals surface area contributed by atoms with E-state index in [4.69, 9.17) is 13.9 Å². The number of carbonyl (C=O) groups is 2. The van der Waals surface area contributed by atoms with Crippen LogP contribution < -0.4 is 14.9 Å². The maximum Gasteiger partial charge on any atom is 0.312 e. The predicted molar refractivity (Wildman–Crippen MR) is 105 cm³/mol. The molecule has 29 heavy (non-hydrogen) atoms. The second-order valence-electron chi connectivity index (χ2n) is 8.06. The fourth-order valence-corrected chi connectivity index (χ4v) is 4.16. The van der Waals surface area contributed by atoms with Gasteiger partial charge in [0, 0.05) is 17.0 Å². The van der Waals surface area contributed by atoms with Crippen molar-refractivity contribution >= 4 is 22.7 Å². The van der Waals surface area contributed by atoms with Gasteiger partial charge in [-0.25, -0.2) is 0 Å². The predicted octanol–water partition coefficient (Wildman–Crippen LogP) is 3.98. The third kappa shape index (κ3) is 2.75. The molecule has 6 heteroatoms. The number of para-hydroxylation sites is 1. The third-order valence-electron chi connectivity index (χ3n) is 5.45. The van der Waals surface area contributed by atoms with Crippen molar-refractivity contribution in [1.82, 2.24) is 0 Å². The SMILES string of the molecule is CC1(C)CC(=O)c2ccc3c(c2O1)[C@H](c1coc2ccccc2c1=O)CC(=O)O3. The van der Waals surface area contributed by atoms with Crippen molar-refractivity contribution in [2.45, 2.75) is 38.2 Å². The summed E-state index contributed by atoms with van der Waals surface area (Å²) >= 11 is 0. The Balaban J connectivity index is 1.77. The van der Waals surface area contributed by atoms with Crippen LogP contribution in [-0.4, -0.2) is 17.4 Å². The minimum atomic E-state index is -0.695. The first kappa shape index (κ1) is 17.7. The summed E-state index contributed by atoms with van der Waals surface area (Å²) in [5.41, 5.74) is 0.898. The molecular formula is C23H18O6. The zero-order chi connectivity index (χ0) is 20.3. The van der Waals surface area contributed by atoms with E-state index in [2.05, 4.69) is 0 Å². The number of hydrogen-bond donors (Lipinski definition) is 0. The van der Waals surface area contributed by atoms with E-state index >= 15 is 0 Å². The van der Waals surface area contributed by atoms with E-state index in [-0.39, 0.29) is 24.1 Å². The van der Waals surface area contributed by atoms with Gasteiger partial charge in [0.2, 0.25) is 0 Å². The fourth-order valence-electron chi connectivity index (χ4n) is 4.16. The molecule has 1 atom stereocenters. The number of carbonyl (C=O) groups excluding carboxylic acids is 2. The molecule has 0 fully saturated rings. The molecule has 0 N–H and O–H groups in total. The van der Waals surface area contributed by atoms with Crippen LogP contribution in [0.2, 0.25) is 0 Å². The van der Waals surface area contributed by atoms with Gasteiger partial charge >= 0.3 is 5.97 Å². The highest BCUT2D eigenvalue weighted by Gasteiger charge is 2.40. The number of ketones is 1. The van der Waals surface area contributed by atoms with E-state index in [1.165, 1.54) is 6.26 Å². The fraction of sp³-hybridized carbons (Fsp3) is 0.261. The Morgan fingerprint density at radius 2 is 1.83 bits per heavy atom. The lowest BCUT2D eigenvalue weighted by Crippen LogP contribution is -2.37. The van der Waals surface area contributed by atoms with Crippen molar-refractivity contribution in [3.8, 4) is 11.5 Å². The number of rotatable bonds is 1. The molecule has 0 spiro atoms. The average molecular weight is 390 g/mol. The summed E-state index contributed by atoms with van der Waals surface area (Å²) in [6.07, 6.45) is 1.61. The van der Waals surface area contributed by atoms with Crippen LogP contribution in [0.1, 0.15) is 54.1 Å². The average Bonchev–Trinajstić information content (AvgIpc) is 2.66. The van der Waals surface area contributed by atoms with Crippen molar-refractivity contribution in [2.24, 2.45) is 0 Å². The normalized spacial score (nSPS) is 19.9. The Morgan fingerprint density at radius 3 is 2.66 bits per heavy atom. The first-order valence-electron chi connectivity index (χ1n) is 9.44. The number of fused-ring (bicyclic) bond motifs is 4. The second kappa shape index (κ2) is 6.04. The summed E-state index contributed by atoms with van der Waals surface area (Å²) in [5.74, 6) is -0.419. The van der Waals surface area contributed by atoms with Crippen LogP contribution in [0.5, 0.6) is 11.5 Å². The maximum absolute atomic E-state index is 13.2. The van der Waals surface area contributed by atoms with Crippen molar-refractivity contribution < 1.29 is 23.5 Å². The summed E-state index contributed by atoms with van der Waals surface area (Å²) in [6, 6.07) is 10.2. The van der Waals surface area contributed by atoms with Crippen LogP contribution in [0.15, 0.2) is 51.9 Å². The van der Waals surface area contributed by atoms with E-state index in [0.717, 1.165) is 0 Å². The second-order valence-corrected chi connectivity index (χ2v) is 8.06. The maximum atomic E-state index is 13.2. The van der Waals surface area contributed by atoms with Crippen molar-refractivity contribution in [1.29, 1.82) is 0 Å². The number of Topliss-reactive ketones (excluding diaryl/α,β-unsaturated/α-hetero) is 1. The van der Waals surface area contributed by atoms with Crippen LogP contribution >= 0.6 is 0 Å². The number of hydrogen-bond acceptors (Lipinski definition) is 6. The topological polar surface area (TPSA) is 82.8 Å². The van der Waals surface area contributed by atoms with Gasteiger partial charge < -0.3 is 13.9 Å². The van der Waals surface area contributed by atoms with Crippen LogP contribution in [0.4, 0.5) is 0 Å². The highest BCUT2D eigenvalue weighted by Crippen LogP contribution is 2.48. The molecule has 0 saturated heterocycles. The molecule has 2 aliphatic heterocycles. The largest absolute Gasteiger partial charge is 0.486 e. The number of esters is 1. The number of ether oxygens (including phenoxy) is 2. The van der Waals surface area contributed by atoms with E-state index in [1.807, 2.05) is 13.8 Å². The van der Waals surface area contributed by atoms with Gasteiger partial charge in [-0.2, -0.15) is 0 Å². The molecule has 3 aromatic rings. The summed E-state index contributed by atoms with van der Waals surface area (Å²) in [5, 5.41) is 0.438. The molecule has 0 aliphatic carbocycles. The quantitative estimate of drug-likeness (QED) is 0.462. The Hall–Kier alpha value is -3.41. The van der Waals surface area contributed by atoms with Gasteiger partial charge in [-0.3, -0.25) is 14.4 Å². The Labute approximate surface area is 166 Å². The molecule has 1 aromatic heterocycles. The molecule has 5 rings (SSSR count). The van der Waals surface area contributed by atoms with Gasteiger partial charge in [-0.05, 0) is 38.1 Å². The molecule has 3 heterocycles. The first-order valence-corrected chi connectivity index (χ1v) is 9.44. The molecule has 0 bridgehead atoms. The Bertz CT molecular complexity index is 1250. The summed E-state index contributed by atoms with van der Waals surface area (Å²) < 4.78 is 17.2. The van der Waals surface area contributed by atoms with E-state index in [0.29, 0.717) is 39.2 Å². The standard InChI is InChI=1S/C23H18O6/c1-23(2)10-16(24)12-7-8-18-20(22(12)29-23)14(9-19(25)28-18)15-11-27-17-6-4-3-5-13(17)21(15)26/h3-8,11,14H,9-10H2,1-2H3/t14-/m0/s1. The van der Waals surface area contributed by atoms with Gasteiger partial charge in [-0.1, -0.05) is 12.1 Å². The summed E-state index contributed by atoms with van der Waals surface area (Å²) in [4.78, 5) is 38.1. The highest BCUT2D eigenvalue weighted by atomic mass is 16.5. The Morgan fingerprint density at radius 1 is 1.03 bits per heavy atom. The lowest BCUT2D eigenvalue weighted by molar-refractivity contribution is -0.135. The third-order valence-corrected chi connectivity index (χ3v) is 5.45. The van der Waals surface area contributed by atoms with Crippen molar-refractivity contribution in [3.05, 3.63) is 69.6 Å². The molecule has 2 aromatic carbocycles. The lowest BCUT2D eigenvalue weighted by atomic mass is 9.82. The van der Waals surface area contributed by atoms with Gasteiger partial charge in [0.15, 0.2) is 11.2 Å². The van der Waals surface area contributed by atoms with Crippen LogP contribution in [0.25, 0.3) is 11.0 Å². The molecule has 0 amide bonds. The molecule has 146 valence electrons. The molecular weight excluding hydrogens is 372 g/mol. The van der Waals surface area contributed by atoms with Crippen LogP contribution in [-0.2, 0) is 4.79 Å². The molecule has 0 unspecified atom stereocenters. The first-order chi connectivity index (χ1) is 13.8. The zero-order valence-electron chi connectivity index (χ0n) is 16.0. The smallest absolute Gasteiger partial charge is 0.312 e. The van der Waals surface area contributed by atoms with Crippen molar-refractivity contribution in [2.75, 3.05) is 0 Å². The molecule has 0 radical (unpaired) electrons. The van der Waals surface area contributed by atoms with Gasteiger partial charge in [0.25, 0.3) is 0 Å². The van der Waals surface area contributed by atoms with Crippen LogP contribution in [0, 0.1) is 0 Å². The molecule has 0 saturated carbocycles. The lowest BCUT2D eigenvalue weighted by Gasteiger charge is -2.36. The van der Waals surface area contributed by atoms with Crippen molar-refractivity contribution in [3.63, 3.8) is 0 Å². The molecule has 6 nitrogen and oxygen atoms in total. The van der Waals surface area contributed by atoms with E-state index in [1.54, 1.807) is 36.4 Å². The van der Waals surface area contributed by atoms with E-state index in [9.17, 15) is 14.4 Å². The van der Waals surface area contributed by atoms with Crippen LogP contribution in [0.3, 0.4) is 0 Å². The summed E-state index contributed by atoms with van der Waals surface area (Å²) in [7, 11) is 0. The summed E-state index contributed by atoms with van der Waals surface area (Å²) in [6.45, 7) is 3.67. The van der Waals surface area contributed by atoms with E-state index < -0.39 is 17.5 Å². The minimum Gasteiger partial charge on any atom is -0.486 e. The van der Waals surface area contributed by atoms with Gasteiger partial charge in [-0.15, -0.1) is 0 Å². The molecule has 2 aliphatic rings.